The average molecular weight is 173 g/mol. The summed E-state index contributed by atoms with van der Waals surface area (Å²) >= 11 is 0. The number of amides is 3. The Morgan fingerprint density at radius 3 is 2.08 bits per heavy atom. The van der Waals surface area contributed by atoms with Gasteiger partial charge in [0.15, 0.2) is 0 Å². The van der Waals surface area contributed by atoms with Crippen molar-refractivity contribution in [3.05, 3.63) is 0 Å². The Bertz CT molecular complexity index is 179. The summed E-state index contributed by atoms with van der Waals surface area (Å²) in [7, 11) is 1.66. The minimum Gasteiger partial charge on any atom is -0.351 e. The second-order valence-electron chi connectivity index (χ2n) is 2.86. The summed E-state index contributed by atoms with van der Waals surface area (Å²) in [6.07, 6.45) is 0. The molecule has 0 saturated heterocycles. The summed E-state index contributed by atoms with van der Waals surface area (Å²) in [5, 5.41) is 4.80. The zero-order valence-electron chi connectivity index (χ0n) is 7.55. The van der Waals surface area contributed by atoms with Gasteiger partial charge in [-0.2, -0.15) is 0 Å². The summed E-state index contributed by atoms with van der Waals surface area (Å²) in [6, 6.07) is -1.20. The fourth-order valence-electron chi connectivity index (χ4n) is 0.966. The van der Waals surface area contributed by atoms with Crippen LogP contribution in [0, 0.1) is 5.92 Å². The molecule has 0 aliphatic heterocycles. The molecule has 0 aliphatic rings. The Labute approximate surface area is 71.7 Å². The van der Waals surface area contributed by atoms with Crippen LogP contribution in [-0.2, 0) is 4.79 Å². The zero-order chi connectivity index (χ0) is 9.72. The lowest BCUT2D eigenvalue weighted by Crippen LogP contribution is -2.49. The number of carbonyl (C=O) groups excluding carboxylic acids is 2. The molecule has 4 N–H and O–H groups in total. The number of likely N-dealkylation sites (N-methyl/N-ethyl adjacent to an activating group) is 1. The molecule has 70 valence electrons. The van der Waals surface area contributed by atoms with Gasteiger partial charge in [-0.25, -0.2) is 4.79 Å². The first-order chi connectivity index (χ1) is 5.49. The van der Waals surface area contributed by atoms with Crippen LogP contribution in [0.5, 0.6) is 0 Å². The smallest absolute Gasteiger partial charge is 0.318 e. The van der Waals surface area contributed by atoms with Crippen molar-refractivity contribution in [1.82, 2.24) is 10.6 Å². The number of primary amides is 1. The summed E-state index contributed by atoms with van der Waals surface area (Å²) in [5.74, 6) is -0.269. The molecule has 0 aliphatic carbocycles. The zero-order valence-corrected chi connectivity index (χ0v) is 7.55. The van der Waals surface area contributed by atoms with E-state index in [1.54, 1.807) is 7.05 Å². The van der Waals surface area contributed by atoms with Crippen molar-refractivity contribution in [2.45, 2.75) is 19.9 Å². The van der Waals surface area contributed by atoms with Crippen LogP contribution in [0.1, 0.15) is 13.8 Å². The predicted molar refractivity (Wildman–Crippen MR) is 45.4 cm³/mol. The number of urea groups is 1. The third-order valence-electron chi connectivity index (χ3n) is 1.51. The third-order valence-corrected chi connectivity index (χ3v) is 1.51. The normalized spacial score (nSPS) is 12.7. The van der Waals surface area contributed by atoms with Gasteiger partial charge >= 0.3 is 6.03 Å². The highest BCUT2D eigenvalue weighted by Crippen LogP contribution is 1.99. The molecule has 0 spiro atoms. The Morgan fingerprint density at radius 2 is 1.83 bits per heavy atom. The maximum Gasteiger partial charge on any atom is 0.318 e. The van der Waals surface area contributed by atoms with E-state index in [4.69, 9.17) is 5.73 Å². The first-order valence-electron chi connectivity index (χ1n) is 3.76. The van der Waals surface area contributed by atoms with Crippen molar-refractivity contribution in [3.8, 4) is 0 Å². The van der Waals surface area contributed by atoms with Crippen LogP contribution in [0.2, 0.25) is 0 Å². The van der Waals surface area contributed by atoms with Crippen molar-refractivity contribution < 1.29 is 9.59 Å². The van der Waals surface area contributed by atoms with E-state index >= 15 is 0 Å². The number of carbonyl (C=O) groups is 2. The van der Waals surface area contributed by atoms with Crippen LogP contribution in [0.3, 0.4) is 0 Å². The molecule has 0 bridgehead atoms. The van der Waals surface area contributed by atoms with E-state index in [2.05, 4.69) is 5.32 Å². The van der Waals surface area contributed by atoms with Crippen LogP contribution in [0.25, 0.3) is 0 Å². The highest BCUT2D eigenvalue weighted by molar-refractivity contribution is 5.96. The number of hydrogen-bond donors (Lipinski definition) is 3. The predicted octanol–water partition coefficient (Wildman–Crippen LogP) is -0.575. The van der Waals surface area contributed by atoms with Gasteiger partial charge in [-0.05, 0) is 13.0 Å². The van der Waals surface area contributed by atoms with Crippen LogP contribution < -0.4 is 16.4 Å². The van der Waals surface area contributed by atoms with Gasteiger partial charge in [0.1, 0.15) is 0 Å². The first kappa shape index (κ1) is 10.9. The largest absolute Gasteiger partial charge is 0.351 e. The highest BCUT2D eigenvalue weighted by atomic mass is 16.2. The molecular formula is C7H15N3O2. The van der Waals surface area contributed by atoms with Gasteiger partial charge in [-0.1, -0.05) is 13.8 Å². The van der Waals surface area contributed by atoms with Crippen LogP contribution >= 0.6 is 0 Å². The molecule has 0 fully saturated rings. The molecule has 0 aromatic carbocycles. The van der Waals surface area contributed by atoms with E-state index in [0.717, 1.165) is 0 Å². The molecule has 0 aromatic rings. The lowest BCUT2D eigenvalue weighted by molar-refractivity contribution is -0.122. The molecule has 1 atom stereocenters. The number of nitrogens with two attached hydrogens (primary N) is 1. The van der Waals surface area contributed by atoms with Crippen molar-refractivity contribution in [2.24, 2.45) is 11.7 Å². The Balaban J connectivity index is 4.12. The highest BCUT2D eigenvalue weighted by Gasteiger charge is 2.20. The Hall–Kier alpha value is -1.10. The van der Waals surface area contributed by atoms with E-state index < -0.39 is 6.03 Å². The summed E-state index contributed by atoms with van der Waals surface area (Å²) in [4.78, 5) is 21.5. The molecule has 12 heavy (non-hydrogen) atoms. The van der Waals surface area contributed by atoms with Crippen LogP contribution in [-0.4, -0.2) is 25.0 Å². The Kier molecular flexibility index (Phi) is 4.28. The average Bonchev–Trinajstić information content (AvgIpc) is 1.85. The second-order valence-corrected chi connectivity index (χ2v) is 2.86. The van der Waals surface area contributed by atoms with E-state index in [1.165, 1.54) is 0 Å². The molecule has 5 heteroatoms. The number of rotatable bonds is 3. The standard InChI is InChI=1S/C7H15N3O2/c1-4(2)5(9-3)6(11)10-7(8)12/h4-5,9H,1-3H3,(H3,8,10,11,12). The molecule has 5 nitrogen and oxygen atoms in total. The molecule has 0 aromatic heterocycles. The van der Waals surface area contributed by atoms with E-state index in [0.29, 0.717) is 0 Å². The van der Waals surface area contributed by atoms with Crippen molar-refractivity contribution in [3.63, 3.8) is 0 Å². The molecule has 3 amide bonds. The SMILES string of the molecule is CNC(C(=O)NC(N)=O)C(C)C. The number of nitrogens with one attached hydrogen (secondary N) is 2. The number of hydrogen-bond acceptors (Lipinski definition) is 3. The Morgan fingerprint density at radius 1 is 1.33 bits per heavy atom. The fourth-order valence-corrected chi connectivity index (χ4v) is 0.966. The lowest BCUT2D eigenvalue weighted by atomic mass is 10.0. The van der Waals surface area contributed by atoms with Crippen LogP contribution in [0.15, 0.2) is 0 Å². The van der Waals surface area contributed by atoms with Crippen molar-refractivity contribution >= 4 is 11.9 Å². The topological polar surface area (TPSA) is 84.2 Å². The molecule has 0 rings (SSSR count). The van der Waals surface area contributed by atoms with Crippen molar-refractivity contribution in [2.75, 3.05) is 7.05 Å². The maximum atomic E-state index is 11.2. The van der Waals surface area contributed by atoms with Gasteiger partial charge in [-0.3, -0.25) is 10.1 Å². The molecule has 0 radical (unpaired) electrons. The molecule has 0 saturated carbocycles. The van der Waals surface area contributed by atoms with Gasteiger partial charge in [0.2, 0.25) is 5.91 Å². The molecule has 0 heterocycles. The summed E-state index contributed by atoms with van der Waals surface area (Å²) in [5.41, 5.74) is 4.79. The first-order valence-corrected chi connectivity index (χ1v) is 3.76. The number of imide groups is 1. The summed E-state index contributed by atoms with van der Waals surface area (Å²) in [6.45, 7) is 3.75. The quantitative estimate of drug-likeness (QED) is 0.534. The van der Waals surface area contributed by atoms with Gasteiger partial charge in [-0.15, -0.1) is 0 Å². The van der Waals surface area contributed by atoms with Crippen LogP contribution in [0.4, 0.5) is 4.79 Å². The van der Waals surface area contributed by atoms with Gasteiger partial charge < -0.3 is 11.1 Å². The van der Waals surface area contributed by atoms with Crippen molar-refractivity contribution in [1.29, 1.82) is 0 Å². The van der Waals surface area contributed by atoms with Gasteiger partial charge in [0.05, 0.1) is 6.04 Å². The van der Waals surface area contributed by atoms with E-state index in [1.807, 2.05) is 19.2 Å². The van der Waals surface area contributed by atoms with Gasteiger partial charge in [0, 0.05) is 0 Å². The minimum absolute atomic E-state index is 0.120. The van der Waals surface area contributed by atoms with E-state index in [9.17, 15) is 9.59 Å². The van der Waals surface area contributed by atoms with E-state index in [-0.39, 0.29) is 17.9 Å². The molecular weight excluding hydrogens is 158 g/mol. The monoisotopic (exact) mass is 173 g/mol. The second kappa shape index (κ2) is 4.71. The maximum absolute atomic E-state index is 11.2. The third kappa shape index (κ3) is 3.34. The summed E-state index contributed by atoms with van der Waals surface area (Å²) < 4.78 is 0. The molecule has 1 unspecified atom stereocenters. The van der Waals surface area contributed by atoms with Gasteiger partial charge in [0.25, 0.3) is 0 Å². The minimum atomic E-state index is -0.819. The fraction of sp³-hybridized carbons (Fsp3) is 0.714. The lowest BCUT2D eigenvalue weighted by Gasteiger charge is -2.17.